The van der Waals surface area contributed by atoms with Crippen LogP contribution in [0.5, 0.6) is 0 Å². The standard InChI is InChI=1S/C17H17N3S/c1-13(15-8-5-9-18-10-15)19-11-17-20-16(12-21-17)14-6-3-2-4-7-14/h2-10,12-13,19H,11H2,1H3/t13-/m0/s1. The molecule has 1 atom stereocenters. The van der Waals surface area contributed by atoms with Gasteiger partial charge < -0.3 is 5.32 Å². The first-order chi connectivity index (χ1) is 10.3. The molecule has 0 aliphatic carbocycles. The lowest BCUT2D eigenvalue weighted by Gasteiger charge is -2.12. The first-order valence-electron chi connectivity index (χ1n) is 6.96. The van der Waals surface area contributed by atoms with Gasteiger partial charge in [-0.25, -0.2) is 4.98 Å². The zero-order chi connectivity index (χ0) is 14.5. The third-order valence-electron chi connectivity index (χ3n) is 3.37. The molecule has 0 fully saturated rings. The smallest absolute Gasteiger partial charge is 0.107 e. The van der Waals surface area contributed by atoms with Gasteiger partial charge in [-0.1, -0.05) is 36.4 Å². The third-order valence-corrected chi connectivity index (χ3v) is 4.21. The Labute approximate surface area is 128 Å². The topological polar surface area (TPSA) is 37.8 Å². The molecule has 0 aliphatic heterocycles. The molecule has 0 spiro atoms. The molecule has 0 bridgehead atoms. The van der Waals surface area contributed by atoms with E-state index in [1.54, 1.807) is 17.5 Å². The molecule has 0 radical (unpaired) electrons. The average Bonchev–Trinajstić information content (AvgIpc) is 3.03. The van der Waals surface area contributed by atoms with Crippen LogP contribution in [0, 0.1) is 0 Å². The van der Waals surface area contributed by atoms with Crippen molar-refractivity contribution < 1.29 is 0 Å². The van der Waals surface area contributed by atoms with E-state index in [1.165, 1.54) is 11.1 Å². The summed E-state index contributed by atoms with van der Waals surface area (Å²) in [7, 11) is 0. The highest BCUT2D eigenvalue weighted by molar-refractivity contribution is 7.09. The van der Waals surface area contributed by atoms with Crippen LogP contribution in [0.15, 0.2) is 60.2 Å². The molecule has 1 N–H and O–H groups in total. The Morgan fingerprint density at radius 3 is 2.76 bits per heavy atom. The molecule has 21 heavy (non-hydrogen) atoms. The normalized spacial score (nSPS) is 12.2. The van der Waals surface area contributed by atoms with Gasteiger partial charge in [-0.05, 0) is 18.6 Å². The molecule has 3 rings (SSSR count). The van der Waals surface area contributed by atoms with Crippen molar-refractivity contribution >= 4 is 11.3 Å². The lowest BCUT2D eigenvalue weighted by atomic mass is 10.1. The zero-order valence-corrected chi connectivity index (χ0v) is 12.7. The second kappa shape index (κ2) is 6.61. The number of benzene rings is 1. The van der Waals surface area contributed by atoms with E-state index in [-0.39, 0.29) is 6.04 Å². The van der Waals surface area contributed by atoms with Crippen molar-refractivity contribution in [3.8, 4) is 11.3 Å². The highest BCUT2D eigenvalue weighted by atomic mass is 32.1. The Morgan fingerprint density at radius 1 is 1.14 bits per heavy atom. The van der Waals surface area contributed by atoms with E-state index in [0.29, 0.717) is 0 Å². The van der Waals surface area contributed by atoms with Crippen molar-refractivity contribution in [1.82, 2.24) is 15.3 Å². The minimum atomic E-state index is 0.266. The van der Waals surface area contributed by atoms with E-state index in [2.05, 4.69) is 45.8 Å². The summed E-state index contributed by atoms with van der Waals surface area (Å²) in [4.78, 5) is 8.84. The molecular formula is C17H17N3S. The van der Waals surface area contributed by atoms with Crippen LogP contribution in [0.3, 0.4) is 0 Å². The van der Waals surface area contributed by atoms with Crippen LogP contribution in [0.2, 0.25) is 0 Å². The first kappa shape index (κ1) is 13.9. The number of aromatic nitrogens is 2. The minimum absolute atomic E-state index is 0.266. The van der Waals surface area contributed by atoms with Gasteiger partial charge in [0.15, 0.2) is 0 Å². The van der Waals surface area contributed by atoms with Crippen molar-refractivity contribution in [3.05, 3.63) is 70.8 Å². The summed E-state index contributed by atoms with van der Waals surface area (Å²) in [5.74, 6) is 0. The molecule has 1 aromatic carbocycles. The second-order valence-corrected chi connectivity index (χ2v) is 5.82. The Kier molecular flexibility index (Phi) is 4.38. The number of nitrogens with zero attached hydrogens (tertiary/aromatic N) is 2. The number of thiazole rings is 1. The SMILES string of the molecule is C[C@H](NCc1nc(-c2ccccc2)cs1)c1cccnc1. The number of hydrogen-bond acceptors (Lipinski definition) is 4. The Morgan fingerprint density at radius 2 is 2.00 bits per heavy atom. The second-order valence-electron chi connectivity index (χ2n) is 4.88. The highest BCUT2D eigenvalue weighted by Gasteiger charge is 2.07. The quantitative estimate of drug-likeness (QED) is 0.771. The summed E-state index contributed by atoms with van der Waals surface area (Å²) in [5.41, 5.74) is 3.41. The van der Waals surface area contributed by atoms with E-state index >= 15 is 0 Å². The third kappa shape index (κ3) is 3.54. The molecule has 4 heteroatoms. The maximum Gasteiger partial charge on any atom is 0.107 e. The molecule has 0 saturated heterocycles. The fourth-order valence-electron chi connectivity index (χ4n) is 2.12. The Balaban J connectivity index is 1.63. The fourth-order valence-corrected chi connectivity index (χ4v) is 2.88. The summed E-state index contributed by atoms with van der Waals surface area (Å²) in [5, 5.41) is 6.70. The van der Waals surface area contributed by atoms with Crippen molar-refractivity contribution in [2.24, 2.45) is 0 Å². The van der Waals surface area contributed by atoms with Gasteiger partial charge in [0.05, 0.1) is 5.69 Å². The number of nitrogens with one attached hydrogen (secondary N) is 1. The molecular weight excluding hydrogens is 278 g/mol. The van der Waals surface area contributed by atoms with Crippen LogP contribution in [0.4, 0.5) is 0 Å². The van der Waals surface area contributed by atoms with Crippen LogP contribution in [0.25, 0.3) is 11.3 Å². The van der Waals surface area contributed by atoms with Crippen LogP contribution in [-0.4, -0.2) is 9.97 Å². The lowest BCUT2D eigenvalue weighted by molar-refractivity contribution is 0.572. The van der Waals surface area contributed by atoms with Gasteiger partial charge in [-0.3, -0.25) is 4.98 Å². The number of pyridine rings is 1. The van der Waals surface area contributed by atoms with E-state index in [9.17, 15) is 0 Å². The Hall–Kier alpha value is -2.04. The van der Waals surface area contributed by atoms with E-state index in [0.717, 1.165) is 17.2 Å². The largest absolute Gasteiger partial charge is 0.304 e. The van der Waals surface area contributed by atoms with Gasteiger partial charge in [0.2, 0.25) is 0 Å². The summed E-state index contributed by atoms with van der Waals surface area (Å²) in [6, 6.07) is 14.6. The maximum atomic E-state index is 4.69. The minimum Gasteiger partial charge on any atom is -0.304 e. The van der Waals surface area contributed by atoms with Crippen LogP contribution >= 0.6 is 11.3 Å². The molecule has 2 aromatic heterocycles. The number of rotatable bonds is 5. The fraction of sp³-hybridized carbons (Fsp3) is 0.176. The summed E-state index contributed by atoms with van der Waals surface area (Å²) >= 11 is 1.69. The van der Waals surface area contributed by atoms with Gasteiger partial charge in [-0.2, -0.15) is 0 Å². The van der Waals surface area contributed by atoms with Gasteiger partial charge in [0.25, 0.3) is 0 Å². The summed E-state index contributed by atoms with van der Waals surface area (Å²) in [6.07, 6.45) is 3.69. The van der Waals surface area contributed by atoms with E-state index < -0.39 is 0 Å². The number of hydrogen-bond donors (Lipinski definition) is 1. The summed E-state index contributed by atoms with van der Waals surface area (Å²) in [6.45, 7) is 2.91. The predicted molar refractivity (Wildman–Crippen MR) is 87.0 cm³/mol. The van der Waals surface area contributed by atoms with Crippen molar-refractivity contribution in [3.63, 3.8) is 0 Å². The zero-order valence-electron chi connectivity index (χ0n) is 11.9. The van der Waals surface area contributed by atoms with Gasteiger partial charge in [-0.15, -0.1) is 11.3 Å². The van der Waals surface area contributed by atoms with Gasteiger partial charge in [0, 0.05) is 35.9 Å². The molecule has 3 nitrogen and oxygen atoms in total. The first-order valence-corrected chi connectivity index (χ1v) is 7.84. The molecule has 0 amide bonds. The molecule has 106 valence electrons. The van der Waals surface area contributed by atoms with E-state index in [1.807, 2.05) is 30.5 Å². The molecule has 2 heterocycles. The maximum absolute atomic E-state index is 4.69. The van der Waals surface area contributed by atoms with Crippen molar-refractivity contribution in [1.29, 1.82) is 0 Å². The van der Waals surface area contributed by atoms with E-state index in [4.69, 9.17) is 0 Å². The molecule has 0 saturated carbocycles. The Bertz CT molecular complexity index is 680. The molecule has 3 aromatic rings. The lowest BCUT2D eigenvalue weighted by Crippen LogP contribution is -2.18. The van der Waals surface area contributed by atoms with Crippen molar-refractivity contribution in [2.75, 3.05) is 0 Å². The van der Waals surface area contributed by atoms with Gasteiger partial charge >= 0.3 is 0 Å². The summed E-state index contributed by atoms with van der Waals surface area (Å²) < 4.78 is 0. The average molecular weight is 295 g/mol. The van der Waals surface area contributed by atoms with Crippen molar-refractivity contribution in [2.45, 2.75) is 19.5 Å². The highest BCUT2D eigenvalue weighted by Crippen LogP contribution is 2.22. The molecule has 0 aliphatic rings. The van der Waals surface area contributed by atoms with Crippen LogP contribution in [-0.2, 0) is 6.54 Å². The van der Waals surface area contributed by atoms with Crippen LogP contribution in [0.1, 0.15) is 23.5 Å². The van der Waals surface area contributed by atoms with Gasteiger partial charge in [0.1, 0.15) is 5.01 Å². The van der Waals surface area contributed by atoms with Crippen LogP contribution < -0.4 is 5.32 Å². The monoisotopic (exact) mass is 295 g/mol. The molecule has 0 unspecified atom stereocenters. The predicted octanol–water partition coefficient (Wildman–Crippen LogP) is 4.06.